The first-order chi connectivity index (χ1) is 9.81. The van der Waals surface area contributed by atoms with E-state index in [1.54, 1.807) is 0 Å². The second kappa shape index (κ2) is 6.85. The van der Waals surface area contributed by atoms with Crippen molar-refractivity contribution in [3.8, 4) is 0 Å². The zero-order valence-electron chi connectivity index (χ0n) is 12.3. The van der Waals surface area contributed by atoms with Crippen molar-refractivity contribution in [3.05, 3.63) is 49.1 Å². The predicted molar refractivity (Wildman–Crippen MR) is 83.7 cm³/mol. The van der Waals surface area contributed by atoms with Crippen molar-refractivity contribution in [1.82, 2.24) is 4.90 Å². The van der Waals surface area contributed by atoms with E-state index in [9.17, 15) is 4.79 Å². The molecule has 1 aliphatic carbocycles. The van der Waals surface area contributed by atoms with Gasteiger partial charge in [-0.2, -0.15) is 0 Å². The van der Waals surface area contributed by atoms with Crippen LogP contribution in [-0.4, -0.2) is 23.8 Å². The number of nitrogens with zero attached hydrogens (tertiary/aromatic N) is 1. The lowest BCUT2D eigenvalue weighted by atomic mass is 9.75. The van der Waals surface area contributed by atoms with Crippen molar-refractivity contribution in [2.75, 3.05) is 13.1 Å². The molecule has 2 fully saturated rings. The Morgan fingerprint density at radius 2 is 1.50 bits per heavy atom. The molecule has 2 aliphatic rings. The van der Waals surface area contributed by atoms with E-state index in [0.29, 0.717) is 5.78 Å². The van der Waals surface area contributed by atoms with Gasteiger partial charge in [-0.1, -0.05) is 30.3 Å². The number of likely N-dealkylation sites (tertiary alicyclic amines) is 1. The summed E-state index contributed by atoms with van der Waals surface area (Å²) < 4.78 is 0. The molecule has 108 valence electrons. The molecular formula is C18H25NO. The molecule has 1 heterocycles. The molecule has 1 aromatic carbocycles. The minimum absolute atomic E-state index is 0.145. The quantitative estimate of drug-likeness (QED) is 0.760. The SMILES string of the molecule is C=C.O=C1CCC(c2ccccc2)(N2CCCC2)CC1. The smallest absolute Gasteiger partial charge is 0.133 e. The minimum atomic E-state index is 0.145. The summed E-state index contributed by atoms with van der Waals surface area (Å²) in [7, 11) is 0. The monoisotopic (exact) mass is 271 g/mol. The third-order valence-electron chi connectivity index (χ3n) is 4.66. The second-order valence-corrected chi connectivity index (χ2v) is 5.63. The number of benzene rings is 1. The molecule has 0 unspecified atom stereocenters. The van der Waals surface area contributed by atoms with Crippen LogP contribution in [0.1, 0.15) is 44.1 Å². The first kappa shape index (κ1) is 15.0. The van der Waals surface area contributed by atoms with E-state index in [0.717, 1.165) is 25.7 Å². The molecule has 1 saturated carbocycles. The number of carbonyl (C=O) groups is 1. The Morgan fingerprint density at radius 3 is 2.05 bits per heavy atom. The molecular weight excluding hydrogens is 246 g/mol. The first-order valence-electron chi connectivity index (χ1n) is 7.64. The molecule has 1 saturated heterocycles. The van der Waals surface area contributed by atoms with Crippen LogP contribution in [0, 0.1) is 0 Å². The van der Waals surface area contributed by atoms with Gasteiger partial charge in [0.15, 0.2) is 0 Å². The van der Waals surface area contributed by atoms with Crippen LogP contribution in [0.4, 0.5) is 0 Å². The average Bonchev–Trinajstić information content (AvgIpc) is 3.06. The highest BCUT2D eigenvalue weighted by atomic mass is 16.1. The van der Waals surface area contributed by atoms with Gasteiger partial charge in [0.05, 0.1) is 0 Å². The molecule has 0 atom stereocenters. The highest BCUT2D eigenvalue weighted by Crippen LogP contribution is 2.42. The van der Waals surface area contributed by atoms with E-state index in [2.05, 4.69) is 48.4 Å². The summed E-state index contributed by atoms with van der Waals surface area (Å²) in [5, 5.41) is 0. The van der Waals surface area contributed by atoms with Crippen LogP contribution in [-0.2, 0) is 10.3 Å². The van der Waals surface area contributed by atoms with E-state index < -0.39 is 0 Å². The number of hydrogen-bond donors (Lipinski definition) is 0. The summed E-state index contributed by atoms with van der Waals surface area (Å²) in [5.74, 6) is 0.445. The lowest BCUT2D eigenvalue weighted by molar-refractivity contribution is -0.123. The molecule has 1 aromatic rings. The molecule has 0 radical (unpaired) electrons. The zero-order chi connectivity index (χ0) is 14.4. The van der Waals surface area contributed by atoms with Gasteiger partial charge in [0, 0.05) is 18.4 Å². The van der Waals surface area contributed by atoms with Crippen molar-refractivity contribution >= 4 is 5.78 Å². The molecule has 3 rings (SSSR count). The summed E-state index contributed by atoms with van der Waals surface area (Å²) in [6.07, 6.45) is 6.15. The molecule has 0 bridgehead atoms. The second-order valence-electron chi connectivity index (χ2n) is 5.63. The van der Waals surface area contributed by atoms with E-state index in [4.69, 9.17) is 0 Å². The van der Waals surface area contributed by atoms with Gasteiger partial charge in [-0.3, -0.25) is 9.69 Å². The van der Waals surface area contributed by atoms with Gasteiger partial charge in [0.25, 0.3) is 0 Å². The van der Waals surface area contributed by atoms with Crippen molar-refractivity contribution < 1.29 is 4.79 Å². The number of rotatable bonds is 2. The largest absolute Gasteiger partial charge is 0.300 e. The van der Waals surface area contributed by atoms with Gasteiger partial charge >= 0.3 is 0 Å². The van der Waals surface area contributed by atoms with E-state index in [1.165, 1.54) is 31.5 Å². The van der Waals surface area contributed by atoms with Crippen LogP contribution in [0.5, 0.6) is 0 Å². The number of carbonyl (C=O) groups excluding carboxylic acids is 1. The van der Waals surface area contributed by atoms with E-state index in [-0.39, 0.29) is 5.54 Å². The lowest BCUT2D eigenvalue weighted by Crippen LogP contribution is -2.47. The van der Waals surface area contributed by atoms with Crippen LogP contribution < -0.4 is 0 Å². The fraction of sp³-hybridized carbons (Fsp3) is 0.500. The van der Waals surface area contributed by atoms with Crippen LogP contribution in [0.2, 0.25) is 0 Å². The summed E-state index contributed by atoms with van der Waals surface area (Å²) >= 11 is 0. The molecule has 2 heteroatoms. The molecule has 20 heavy (non-hydrogen) atoms. The Hall–Kier alpha value is -1.41. The summed E-state index contributed by atoms with van der Waals surface area (Å²) in [6, 6.07) is 10.8. The molecule has 2 nitrogen and oxygen atoms in total. The molecule has 0 spiro atoms. The average molecular weight is 271 g/mol. The van der Waals surface area contributed by atoms with Gasteiger partial charge in [0.2, 0.25) is 0 Å². The van der Waals surface area contributed by atoms with Gasteiger partial charge in [-0.05, 0) is 44.3 Å². The van der Waals surface area contributed by atoms with Crippen molar-refractivity contribution in [1.29, 1.82) is 0 Å². The maximum absolute atomic E-state index is 11.6. The fourth-order valence-electron chi connectivity index (χ4n) is 3.62. The van der Waals surface area contributed by atoms with Crippen molar-refractivity contribution in [2.24, 2.45) is 0 Å². The molecule has 1 aliphatic heterocycles. The Kier molecular flexibility index (Phi) is 5.13. The third-order valence-corrected chi connectivity index (χ3v) is 4.66. The van der Waals surface area contributed by atoms with Crippen molar-refractivity contribution in [3.63, 3.8) is 0 Å². The van der Waals surface area contributed by atoms with Gasteiger partial charge in [-0.25, -0.2) is 0 Å². The zero-order valence-corrected chi connectivity index (χ0v) is 12.3. The standard InChI is InChI=1S/C16H21NO.C2H4/c18-15-8-10-16(11-9-15,17-12-4-5-13-17)14-6-2-1-3-7-14;1-2/h1-3,6-7H,4-5,8-13H2;1-2H2. The lowest BCUT2D eigenvalue weighted by Gasteiger charge is -2.45. The molecule has 0 amide bonds. The third kappa shape index (κ3) is 2.85. The van der Waals surface area contributed by atoms with Gasteiger partial charge < -0.3 is 0 Å². The maximum atomic E-state index is 11.6. The van der Waals surface area contributed by atoms with Crippen molar-refractivity contribution in [2.45, 2.75) is 44.1 Å². The highest BCUT2D eigenvalue weighted by Gasteiger charge is 2.42. The normalized spacial score (nSPS) is 22.1. The topological polar surface area (TPSA) is 20.3 Å². The minimum Gasteiger partial charge on any atom is -0.300 e. The summed E-state index contributed by atoms with van der Waals surface area (Å²) in [5.41, 5.74) is 1.56. The Labute approximate surface area is 122 Å². The number of Topliss-reactive ketones (excluding diaryl/α,β-unsaturated/α-hetero) is 1. The van der Waals surface area contributed by atoms with Crippen LogP contribution in [0.15, 0.2) is 43.5 Å². The Morgan fingerprint density at radius 1 is 0.950 bits per heavy atom. The number of ketones is 1. The molecule has 0 N–H and O–H groups in total. The first-order valence-corrected chi connectivity index (χ1v) is 7.64. The van der Waals surface area contributed by atoms with Crippen LogP contribution in [0.3, 0.4) is 0 Å². The van der Waals surface area contributed by atoms with Gasteiger partial charge in [-0.15, -0.1) is 13.2 Å². The summed E-state index contributed by atoms with van der Waals surface area (Å²) in [6.45, 7) is 8.40. The fourth-order valence-corrected chi connectivity index (χ4v) is 3.62. The summed E-state index contributed by atoms with van der Waals surface area (Å²) in [4.78, 5) is 14.2. The van der Waals surface area contributed by atoms with Gasteiger partial charge in [0.1, 0.15) is 5.78 Å². The van der Waals surface area contributed by atoms with E-state index in [1.807, 2.05) is 0 Å². The Balaban J connectivity index is 0.000000704. The maximum Gasteiger partial charge on any atom is 0.133 e. The molecule has 0 aromatic heterocycles. The van der Waals surface area contributed by atoms with E-state index >= 15 is 0 Å². The van der Waals surface area contributed by atoms with Crippen LogP contribution in [0.25, 0.3) is 0 Å². The Bertz CT molecular complexity index is 424. The van der Waals surface area contributed by atoms with Crippen LogP contribution >= 0.6 is 0 Å². The number of hydrogen-bond acceptors (Lipinski definition) is 2. The predicted octanol–water partition coefficient (Wildman–Crippen LogP) is 3.92. The highest BCUT2D eigenvalue weighted by molar-refractivity contribution is 5.79.